The van der Waals surface area contributed by atoms with E-state index in [0.29, 0.717) is 22.4 Å². The van der Waals surface area contributed by atoms with E-state index < -0.39 is 27.7 Å². The number of carboxylic acids is 1. The molecule has 1 heterocycles. The minimum atomic E-state index is -4.47. The zero-order chi connectivity index (χ0) is 27.7. The van der Waals surface area contributed by atoms with E-state index >= 15 is 0 Å². The fourth-order valence-corrected chi connectivity index (χ4v) is 5.25. The van der Waals surface area contributed by atoms with Gasteiger partial charge in [0.25, 0.3) is 10.0 Å². The van der Waals surface area contributed by atoms with Gasteiger partial charge in [0.2, 0.25) is 0 Å². The van der Waals surface area contributed by atoms with Crippen LogP contribution < -0.4 is 14.2 Å². The Labute approximate surface area is 215 Å². The van der Waals surface area contributed by atoms with E-state index in [1.54, 1.807) is 6.07 Å². The Morgan fingerprint density at radius 1 is 0.921 bits per heavy atom. The highest BCUT2D eigenvalue weighted by atomic mass is 32.2. The molecule has 0 aliphatic rings. The number of fused-ring (bicyclic) bond motifs is 1. The van der Waals surface area contributed by atoms with Crippen LogP contribution in [0.4, 0.5) is 13.2 Å². The van der Waals surface area contributed by atoms with Crippen molar-refractivity contribution in [1.82, 2.24) is 3.97 Å². The summed E-state index contributed by atoms with van der Waals surface area (Å²) in [6, 6.07) is 12.6. The molecule has 0 radical (unpaired) electrons. The molecule has 0 saturated carbocycles. The lowest BCUT2D eigenvalue weighted by molar-refractivity contribution is -0.138. The number of aryl methyl sites for hydroxylation is 1. The topological polar surface area (TPSA) is 104 Å². The monoisotopic (exact) mass is 549 g/mol. The van der Waals surface area contributed by atoms with Crippen LogP contribution >= 0.6 is 0 Å². The fourth-order valence-electron chi connectivity index (χ4n) is 3.87. The van der Waals surface area contributed by atoms with Crippen molar-refractivity contribution in [1.29, 1.82) is 0 Å². The van der Waals surface area contributed by atoms with Crippen molar-refractivity contribution in [2.24, 2.45) is 0 Å². The third-order valence-corrected chi connectivity index (χ3v) is 7.45. The summed E-state index contributed by atoms with van der Waals surface area (Å²) in [5.41, 5.74) is -0.0514. The van der Waals surface area contributed by atoms with Crippen molar-refractivity contribution in [3.8, 4) is 23.0 Å². The lowest BCUT2D eigenvalue weighted by Gasteiger charge is -2.12. The van der Waals surface area contributed by atoms with E-state index in [9.17, 15) is 26.4 Å². The van der Waals surface area contributed by atoms with Crippen LogP contribution in [0.1, 0.15) is 17.5 Å². The summed E-state index contributed by atoms with van der Waals surface area (Å²) in [6.07, 6.45) is -3.22. The van der Waals surface area contributed by atoms with E-state index in [4.69, 9.17) is 19.3 Å². The highest BCUT2D eigenvalue weighted by Gasteiger charge is 2.30. The molecule has 4 aromatic rings. The normalized spacial score (nSPS) is 11.9. The first-order chi connectivity index (χ1) is 17.9. The molecule has 8 nitrogen and oxygen atoms in total. The number of aliphatic carboxylic acids is 1. The largest absolute Gasteiger partial charge is 0.493 e. The summed E-state index contributed by atoms with van der Waals surface area (Å²) >= 11 is 0. The molecule has 0 aliphatic heterocycles. The molecule has 0 saturated heterocycles. The molecule has 0 aliphatic carbocycles. The molecule has 1 N–H and O–H groups in total. The molecule has 0 fully saturated rings. The lowest BCUT2D eigenvalue weighted by atomic mass is 10.1. The maximum Gasteiger partial charge on any atom is 0.416 e. The van der Waals surface area contributed by atoms with Crippen LogP contribution in [0.3, 0.4) is 0 Å². The Bertz CT molecular complexity index is 1580. The second-order valence-corrected chi connectivity index (χ2v) is 9.98. The summed E-state index contributed by atoms with van der Waals surface area (Å²) in [5.74, 6) is -0.0160. The molecule has 12 heteroatoms. The number of ether oxygens (including phenoxy) is 3. The van der Waals surface area contributed by atoms with Crippen LogP contribution in [0.15, 0.2) is 71.8 Å². The van der Waals surface area contributed by atoms with Crippen LogP contribution in [0.2, 0.25) is 0 Å². The quantitative estimate of drug-likeness (QED) is 0.285. The third kappa shape index (κ3) is 5.40. The molecule has 0 spiro atoms. The average Bonchev–Trinajstić information content (AvgIpc) is 3.25. The number of rotatable bonds is 9. The van der Waals surface area contributed by atoms with Gasteiger partial charge in [-0.3, -0.25) is 4.79 Å². The molecule has 0 bridgehead atoms. The Balaban J connectivity index is 1.68. The van der Waals surface area contributed by atoms with Gasteiger partial charge in [0, 0.05) is 24.1 Å². The lowest BCUT2D eigenvalue weighted by Crippen LogP contribution is -2.12. The Morgan fingerprint density at radius 3 is 2.00 bits per heavy atom. The summed E-state index contributed by atoms with van der Waals surface area (Å²) in [5, 5.41) is 9.62. The second-order valence-electron chi connectivity index (χ2n) is 8.17. The Morgan fingerprint density at radius 2 is 1.47 bits per heavy atom. The van der Waals surface area contributed by atoms with Gasteiger partial charge < -0.3 is 19.3 Å². The van der Waals surface area contributed by atoms with Crippen molar-refractivity contribution in [2.75, 3.05) is 14.2 Å². The smallest absolute Gasteiger partial charge is 0.416 e. The first kappa shape index (κ1) is 26.9. The highest BCUT2D eigenvalue weighted by molar-refractivity contribution is 7.90. The fraction of sp³-hybridized carbons (Fsp3) is 0.192. The summed E-state index contributed by atoms with van der Waals surface area (Å²) in [7, 11) is -1.31. The molecular weight excluding hydrogens is 527 g/mol. The van der Waals surface area contributed by atoms with Gasteiger partial charge in [-0.15, -0.1) is 0 Å². The number of alkyl halides is 3. The maximum absolute atomic E-state index is 13.6. The predicted octanol–water partition coefficient (Wildman–Crippen LogP) is 5.72. The molecular formula is C26H22F3NO7S. The van der Waals surface area contributed by atoms with Crippen LogP contribution in [0.25, 0.3) is 10.9 Å². The summed E-state index contributed by atoms with van der Waals surface area (Å²) in [6.45, 7) is 0. The third-order valence-electron chi connectivity index (χ3n) is 5.76. The van der Waals surface area contributed by atoms with Gasteiger partial charge in [0.15, 0.2) is 11.5 Å². The minimum Gasteiger partial charge on any atom is -0.493 e. The van der Waals surface area contributed by atoms with Crippen molar-refractivity contribution >= 4 is 26.9 Å². The molecule has 3 aromatic carbocycles. The number of carbonyl (C=O) groups is 1. The molecule has 38 heavy (non-hydrogen) atoms. The zero-order valence-electron chi connectivity index (χ0n) is 20.2. The molecule has 1 aromatic heterocycles. The second kappa shape index (κ2) is 10.3. The van der Waals surface area contributed by atoms with E-state index in [0.717, 1.165) is 16.1 Å². The van der Waals surface area contributed by atoms with Gasteiger partial charge in [-0.25, -0.2) is 12.4 Å². The maximum atomic E-state index is 13.6. The minimum absolute atomic E-state index is 0.0870. The van der Waals surface area contributed by atoms with E-state index in [2.05, 4.69) is 0 Å². The number of hydrogen-bond donors (Lipinski definition) is 1. The number of methoxy groups -OCH3 is 2. The molecule has 200 valence electrons. The van der Waals surface area contributed by atoms with E-state index in [-0.39, 0.29) is 34.8 Å². The zero-order valence-corrected chi connectivity index (χ0v) is 21.0. The first-order valence-electron chi connectivity index (χ1n) is 11.1. The van der Waals surface area contributed by atoms with Crippen molar-refractivity contribution in [3.05, 3.63) is 78.0 Å². The van der Waals surface area contributed by atoms with Crippen molar-refractivity contribution in [3.63, 3.8) is 0 Å². The van der Waals surface area contributed by atoms with Crippen LogP contribution in [0, 0.1) is 0 Å². The van der Waals surface area contributed by atoms with Gasteiger partial charge in [-0.05, 0) is 66.6 Å². The number of nitrogens with zero attached hydrogens (tertiary/aromatic N) is 1. The molecule has 0 unspecified atom stereocenters. The number of aromatic nitrogens is 1. The van der Waals surface area contributed by atoms with Gasteiger partial charge in [-0.2, -0.15) is 13.2 Å². The van der Waals surface area contributed by atoms with Crippen LogP contribution in [0.5, 0.6) is 23.0 Å². The molecule has 4 rings (SSSR count). The highest BCUT2D eigenvalue weighted by Crippen LogP contribution is 2.37. The van der Waals surface area contributed by atoms with Crippen LogP contribution in [-0.4, -0.2) is 37.7 Å². The van der Waals surface area contributed by atoms with Gasteiger partial charge in [-0.1, -0.05) is 0 Å². The Kier molecular flexibility index (Phi) is 7.27. The van der Waals surface area contributed by atoms with Gasteiger partial charge >= 0.3 is 12.1 Å². The average molecular weight is 550 g/mol. The molecule has 0 atom stereocenters. The van der Waals surface area contributed by atoms with Gasteiger partial charge in [0.1, 0.15) is 11.5 Å². The SMILES string of the molecule is COc1cc2c(CCC(=O)O)cn(S(=O)(=O)c3ccc(Oc4ccc(C(F)(F)F)cc4)cc3)c2cc1OC. The van der Waals surface area contributed by atoms with Gasteiger partial charge in [0.05, 0.1) is 30.2 Å². The summed E-state index contributed by atoms with van der Waals surface area (Å²) < 4.78 is 82.7. The van der Waals surface area contributed by atoms with E-state index in [1.807, 2.05) is 0 Å². The van der Waals surface area contributed by atoms with Crippen LogP contribution in [-0.2, 0) is 27.4 Å². The summed E-state index contributed by atoms with van der Waals surface area (Å²) in [4.78, 5) is 11.1. The van der Waals surface area contributed by atoms with E-state index in [1.165, 1.54) is 62.9 Å². The number of hydrogen-bond acceptors (Lipinski definition) is 6. The first-order valence-corrected chi connectivity index (χ1v) is 12.6. The Hall–Kier alpha value is -4.19. The van der Waals surface area contributed by atoms with Crippen molar-refractivity contribution in [2.45, 2.75) is 23.9 Å². The predicted molar refractivity (Wildman–Crippen MR) is 132 cm³/mol. The number of halogens is 3. The number of carboxylic acid groups (broad SMARTS) is 1. The van der Waals surface area contributed by atoms with Crippen molar-refractivity contribution < 1.29 is 45.7 Å². The molecule has 0 amide bonds. The number of benzene rings is 3. The standard InChI is InChI=1S/C26H22F3NO7S/c1-35-23-13-21-16(3-12-25(31)32)15-30(22(21)14-24(23)36-2)38(33,34)20-10-8-19(9-11-20)37-18-6-4-17(5-7-18)26(27,28)29/h4-11,13-15H,3,12H2,1-2H3,(H,31,32).